The van der Waals surface area contributed by atoms with Crippen LogP contribution in [0.15, 0.2) is 34.3 Å². The van der Waals surface area contributed by atoms with E-state index in [1.54, 1.807) is 4.47 Å². The summed E-state index contributed by atoms with van der Waals surface area (Å²) in [7, 11) is 0. The first-order valence-corrected chi connectivity index (χ1v) is 4.94. The van der Waals surface area contributed by atoms with Gasteiger partial charge in [-0.2, -0.15) is 0 Å². The summed E-state index contributed by atoms with van der Waals surface area (Å²) < 4.78 is 1.59. The third-order valence-corrected chi connectivity index (χ3v) is 4.05. The number of hydrogen-bond donors (Lipinski definition) is 0. The van der Waals surface area contributed by atoms with E-state index in [2.05, 4.69) is 31.2 Å². The fourth-order valence-corrected chi connectivity index (χ4v) is 3.40. The van der Waals surface area contributed by atoms with Crippen molar-refractivity contribution in [1.29, 1.82) is 0 Å². The molecule has 1 heterocycles. The van der Waals surface area contributed by atoms with Crippen LogP contribution >= 0.6 is 0 Å². The minimum absolute atomic E-state index is 0.735. The molecule has 0 aromatic heterocycles. The van der Waals surface area contributed by atoms with Gasteiger partial charge < -0.3 is 0 Å². The molecule has 9 heavy (non-hydrogen) atoms. The second-order valence-electron chi connectivity index (χ2n) is 2.35. The zero-order valence-electron chi connectivity index (χ0n) is 5.29. The van der Waals surface area contributed by atoms with Crippen molar-refractivity contribution >= 4 is 15.0 Å². The number of allylic oxidation sites excluding steroid dienone is 6. The Kier molecular flexibility index (Phi) is 1.14. The van der Waals surface area contributed by atoms with Crippen molar-refractivity contribution in [3.63, 3.8) is 0 Å². The van der Waals surface area contributed by atoms with Gasteiger partial charge in [0.1, 0.15) is 0 Å². The molecule has 0 radical (unpaired) electrons. The van der Waals surface area contributed by atoms with Crippen LogP contribution in [0.25, 0.3) is 0 Å². The summed E-state index contributed by atoms with van der Waals surface area (Å²) in [6.07, 6.45) is 9.03. The predicted octanol–water partition coefficient (Wildman–Crippen LogP) is 1.89. The molecule has 0 aromatic carbocycles. The molecule has 0 aromatic rings. The van der Waals surface area contributed by atoms with Crippen molar-refractivity contribution in [2.45, 2.75) is 11.7 Å². The van der Waals surface area contributed by atoms with Gasteiger partial charge in [-0.05, 0) is 0 Å². The van der Waals surface area contributed by atoms with Crippen LogP contribution in [0.3, 0.4) is 0 Å². The monoisotopic (exact) mass is 184 g/mol. The first-order valence-electron chi connectivity index (χ1n) is 3.09. The quantitative estimate of drug-likeness (QED) is 0.503. The molecule has 0 saturated carbocycles. The van der Waals surface area contributed by atoms with E-state index >= 15 is 0 Å². The molecule has 0 nitrogen and oxygen atoms in total. The molecule has 0 N–H and O–H groups in total. The molecule has 1 atom stereocenters. The van der Waals surface area contributed by atoms with Gasteiger partial charge in [-0.1, -0.05) is 0 Å². The fraction of sp³-hybridized carbons (Fsp3) is 0.250. The Morgan fingerprint density at radius 3 is 3.22 bits per heavy atom. The van der Waals surface area contributed by atoms with Gasteiger partial charge in [0, 0.05) is 0 Å². The summed E-state index contributed by atoms with van der Waals surface area (Å²) >= 11 is 0.735. The molecule has 2 aliphatic rings. The van der Waals surface area contributed by atoms with Crippen molar-refractivity contribution in [2.75, 3.05) is 0 Å². The SMILES string of the molecule is CC1=CC2=CC=CC2[Se]1. The third kappa shape index (κ3) is 0.810. The van der Waals surface area contributed by atoms with Gasteiger partial charge in [-0.25, -0.2) is 0 Å². The second kappa shape index (κ2) is 1.86. The van der Waals surface area contributed by atoms with Crippen molar-refractivity contribution in [3.8, 4) is 0 Å². The standard InChI is InChI=1S/C8H8Se/c1-6-5-7-3-2-4-8(7)9-6/h2-5,8H,1H3. The van der Waals surface area contributed by atoms with E-state index in [-0.39, 0.29) is 0 Å². The van der Waals surface area contributed by atoms with Crippen LogP contribution in [0, 0.1) is 0 Å². The van der Waals surface area contributed by atoms with Crippen LogP contribution in [-0.2, 0) is 0 Å². The Morgan fingerprint density at radius 2 is 2.44 bits per heavy atom. The molecule has 2 rings (SSSR count). The maximum atomic E-state index is 2.32. The van der Waals surface area contributed by atoms with E-state index in [1.165, 1.54) is 5.57 Å². The van der Waals surface area contributed by atoms with E-state index in [4.69, 9.17) is 0 Å². The summed E-state index contributed by atoms with van der Waals surface area (Å²) in [5.41, 5.74) is 1.53. The fourth-order valence-electron chi connectivity index (χ4n) is 1.18. The van der Waals surface area contributed by atoms with Gasteiger partial charge in [0.25, 0.3) is 0 Å². The average molecular weight is 183 g/mol. The summed E-state index contributed by atoms with van der Waals surface area (Å²) in [4.78, 5) is 0.803. The number of hydrogen-bond acceptors (Lipinski definition) is 0. The normalized spacial score (nSPS) is 30.1. The van der Waals surface area contributed by atoms with Crippen LogP contribution in [-0.4, -0.2) is 15.0 Å². The van der Waals surface area contributed by atoms with Crippen LogP contribution in [0.2, 0.25) is 4.82 Å². The maximum absolute atomic E-state index is 2.32. The molecule has 1 unspecified atom stereocenters. The van der Waals surface area contributed by atoms with E-state index in [0.717, 1.165) is 19.8 Å². The summed E-state index contributed by atoms with van der Waals surface area (Å²) in [6, 6.07) is 0. The molecule has 0 bridgehead atoms. The van der Waals surface area contributed by atoms with Gasteiger partial charge in [-0.15, -0.1) is 0 Å². The zero-order valence-corrected chi connectivity index (χ0v) is 7.01. The summed E-state index contributed by atoms with van der Waals surface area (Å²) in [5, 5.41) is 0. The molecule has 0 saturated heterocycles. The van der Waals surface area contributed by atoms with Crippen molar-refractivity contribution in [1.82, 2.24) is 0 Å². The van der Waals surface area contributed by atoms with Gasteiger partial charge in [-0.3, -0.25) is 0 Å². The minimum atomic E-state index is 0.735. The first-order chi connectivity index (χ1) is 4.36. The van der Waals surface area contributed by atoms with Gasteiger partial charge >= 0.3 is 61.0 Å². The average Bonchev–Trinajstić information content (AvgIpc) is 2.22. The van der Waals surface area contributed by atoms with Crippen molar-refractivity contribution < 1.29 is 0 Å². The molecule has 1 aliphatic carbocycles. The Hall–Kier alpha value is -0.261. The number of fused-ring (bicyclic) bond motifs is 1. The van der Waals surface area contributed by atoms with Gasteiger partial charge in [0.2, 0.25) is 0 Å². The van der Waals surface area contributed by atoms with Crippen LogP contribution in [0.1, 0.15) is 6.92 Å². The van der Waals surface area contributed by atoms with Crippen LogP contribution in [0.5, 0.6) is 0 Å². The second-order valence-corrected chi connectivity index (χ2v) is 5.26. The van der Waals surface area contributed by atoms with E-state index in [1.807, 2.05) is 0 Å². The van der Waals surface area contributed by atoms with Crippen LogP contribution in [0.4, 0.5) is 0 Å². The Bertz CT molecular complexity index is 218. The molecule has 1 aliphatic heterocycles. The van der Waals surface area contributed by atoms with E-state index < -0.39 is 0 Å². The summed E-state index contributed by atoms with van der Waals surface area (Å²) in [6.45, 7) is 2.23. The van der Waals surface area contributed by atoms with E-state index in [9.17, 15) is 0 Å². The van der Waals surface area contributed by atoms with E-state index in [0.29, 0.717) is 0 Å². The predicted molar refractivity (Wildman–Crippen MR) is 40.5 cm³/mol. The topological polar surface area (TPSA) is 0 Å². The molecule has 0 spiro atoms. The molecule has 46 valence electrons. The van der Waals surface area contributed by atoms with Crippen LogP contribution < -0.4 is 0 Å². The first kappa shape index (κ1) is 5.52. The Balaban J connectivity index is 2.35. The van der Waals surface area contributed by atoms with Gasteiger partial charge in [0.05, 0.1) is 0 Å². The van der Waals surface area contributed by atoms with Crippen molar-refractivity contribution in [2.24, 2.45) is 0 Å². The molecular formula is C8H8Se. The summed E-state index contributed by atoms with van der Waals surface area (Å²) in [5.74, 6) is 0. The number of rotatable bonds is 0. The zero-order chi connectivity index (χ0) is 6.27. The van der Waals surface area contributed by atoms with Gasteiger partial charge in [0.15, 0.2) is 0 Å². The Morgan fingerprint density at radius 1 is 1.56 bits per heavy atom. The van der Waals surface area contributed by atoms with Crippen molar-refractivity contribution in [3.05, 3.63) is 34.3 Å². The molecule has 0 fully saturated rings. The molecule has 1 heteroatoms. The third-order valence-electron chi connectivity index (χ3n) is 1.59. The molecule has 0 amide bonds. The molecular weight excluding hydrogens is 175 g/mol. The Labute approximate surface area is 61.5 Å².